The highest BCUT2D eigenvalue weighted by atomic mass is 35.5. The van der Waals surface area contributed by atoms with E-state index in [0.717, 1.165) is 0 Å². The summed E-state index contributed by atoms with van der Waals surface area (Å²) >= 11 is 5.71. The van der Waals surface area contributed by atoms with E-state index in [9.17, 15) is 19.7 Å². The molecule has 8 heteroatoms. The Kier molecular flexibility index (Phi) is 6.71. The van der Waals surface area contributed by atoms with Gasteiger partial charge in [0.05, 0.1) is 12.0 Å². The van der Waals surface area contributed by atoms with E-state index in [1.807, 2.05) is 0 Å². The van der Waals surface area contributed by atoms with Gasteiger partial charge >= 0.3 is 5.97 Å². The first-order chi connectivity index (χ1) is 10.8. The second-order valence-corrected chi connectivity index (χ2v) is 5.46. The molecule has 23 heavy (non-hydrogen) atoms. The lowest BCUT2D eigenvalue weighted by Crippen LogP contribution is -2.44. The summed E-state index contributed by atoms with van der Waals surface area (Å²) in [5.41, 5.74) is 0.194. The summed E-state index contributed by atoms with van der Waals surface area (Å²) in [6.45, 7) is 3.54. The fourth-order valence-electron chi connectivity index (χ4n) is 1.77. The summed E-state index contributed by atoms with van der Waals surface area (Å²) in [6.07, 6.45) is 2.58. The van der Waals surface area contributed by atoms with Gasteiger partial charge in [-0.3, -0.25) is 14.9 Å². The highest BCUT2D eigenvalue weighted by Gasteiger charge is 2.23. The van der Waals surface area contributed by atoms with Gasteiger partial charge in [0.25, 0.3) is 5.69 Å². The molecule has 0 aromatic heterocycles. The predicted octanol–water partition coefficient (Wildman–Crippen LogP) is 2.58. The number of ether oxygens (including phenoxy) is 1. The van der Waals surface area contributed by atoms with Crippen molar-refractivity contribution in [2.45, 2.75) is 19.9 Å². The summed E-state index contributed by atoms with van der Waals surface area (Å²) < 4.78 is 4.63. The van der Waals surface area contributed by atoms with Crippen LogP contribution >= 0.6 is 11.6 Å². The van der Waals surface area contributed by atoms with Crippen molar-refractivity contribution in [1.82, 2.24) is 5.32 Å². The fourth-order valence-corrected chi connectivity index (χ4v) is 1.96. The molecule has 0 heterocycles. The summed E-state index contributed by atoms with van der Waals surface area (Å²) in [5, 5.41) is 13.3. The SMILES string of the molecule is COC(=O)C(NC(=O)/C=C/c1ccc(Cl)c([N+](=O)[O-])c1)C(C)C. The molecule has 7 nitrogen and oxygen atoms in total. The first-order valence-electron chi connectivity index (χ1n) is 6.76. The van der Waals surface area contributed by atoms with Gasteiger partial charge < -0.3 is 10.1 Å². The van der Waals surface area contributed by atoms with E-state index in [4.69, 9.17) is 11.6 Å². The van der Waals surface area contributed by atoms with Crippen LogP contribution in [0.1, 0.15) is 19.4 Å². The Labute approximate surface area is 138 Å². The summed E-state index contributed by atoms with van der Waals surface area (Å²) in [5.74, 6) is -1.19. The molecule has 124 valence electrons. The lowest BCUT2D eigenvalue weighted by molar-refractivity contribution is -0.384. The monoisotopic (exact) mass is 340 g/mol. The molecule has 1 N–H and O–H groups in total. The van der Waals surface area contributed by atoms with E-state index in [1.54, 1.807) is 19.9 Å². The zero-order valence-electron chi connectivity index (χ0n) is 12.9. The quantitative estimate of drug-likeness (QED) is 0.371. The van der Waals surface area contributed by atoms with Crippen molar-refractivity contribution in [3.05, 3.63) is 45.0 Å². The molecule has 1 atom stereocenters. The minimum atomic E-state index is -0.767. The van der Waals surface area contributed by atoms with Gasteiger partial charge in [-0.25, -0.2) is 4.79 Å². The normalized spacial score (nSPS) is 12.2. The number of carbonyl (C=O) groups excluding carboxylic acids is 2. The molecular formula is C15H17ClN2O5. The van der Waals surface area contributed by atoms with Crippen LogP contribution in [-0.2, 0) is 14.3 Å². The topological polar surface area (TPSA) is 98.5 Å². The second-order valence-electron chi connectivity index (χ2n) is 5.05. The number of methoxy groups -OCH3 is 1. The van der Waals surface area contributed by atoms with Crippen LogP contribution < -0.4 is 5.32 Å². The van der Waals surface area contributed by atoms with E-state index in [1.165, 1.54) is 31.4 Å². The van der Waals surface area contributed by atoms with Gasteiger partial charge in [0.15, 0.2) is 0 Å². The van der Waals surface area contributed by atoms with Gasteiger partial charge in [0, 0.05) is 12.1 Å². The minimum absolute atomic E-state index is 0.0159. The van der Waals surface area contributed by atoms with E-state index in [-0.39, 0.29) is 16.6 Å². The number of hydrogen-bond acceptors (Lipinski definition) is 5. The highest BCUT2D eigenvalue weighted by molar-refractivity contribution is 6.32. The lowest BCUT2D eigenvalue weighted by Gasteiger charge is -2.18. The fraction of sp³-hybridized carbons (Fsp3) is 0.333. The van der Waals surface area contributed by atoms with Crippen LogP contribution in [0.2, 0.25) is 5.02 Å². The van der Waals surface area contributed by atoms with Crippen molar-refractivity contribution in [3.63, 3.8) is 0 Å². The number of halogens is 1. The molecule has 1 amide bonds. The molecule has 0 aliphatic rings. The third kappa shape index (κ3) is 5.37. The second kappa shape index (κ2) is 8.28. The molecule has 0 bridgehead atoms. The first-order valence-corrected chi connectivity index (χ1v) is 7.14. The molecular weight excluding hydrogens is 324 g/mol. The number of benzene rings is 1. The number of amides is 1. The molecule has 0 radical (unpaired) electrons. The number of esters is 1. The first kappa shape index (κ1) is 18.6. The van der Waals surface area contributed by atoms with Gasteiger partial charge in [0.2, 0.25) is 5.91 Å². The van der Waals surface area contributed by atoms with Gasteiger partial charge in [0.1, 0.15) is 11.1 Å². The standard InChI is InChI=1S/C15H17ClN2O5/c1-9(2)14(15(20)23-3)17-13(19)7-5-10-4-6-11(16)12(8-10)18(21)22/h4-9,14H,1-3H3,(H,17,19)/b7-5+. The third-order valence-corrected chi connectivity index (χ3v) is 3.33. The van der Waals surface area contributed by atoms with Gasteiger partial charge in [-0.05, 0) is 23.6 Å². The number of nitrogens with zero attached hydrogens (tertiary/aromatic N) is 1. The van der Waals surface area contributed by atoms with Gasteiger partial charge in [-0.1, -0.05) is 31.5 Å². The van der Waals surface area contributed by atoms with Crippen LogP contribution in [0, 0.1) is 16.0 Å². The van der Waals surface area contributed by atoms with Crippen molar-refractivity contribution in [2.24, 2.45) is 5.92 Å². The molecule has 1 rings (SSSR count). The van der Waals surface area contributed by atoms with Crippen LogP contribution in [0.5, 0.6) is 0 Å². The summed E-state index contributed by atoms with van der Waals surface area (Å²) in [4.78, 5) is 33.6. The zero-order valence-corrected chi connectivity index (χ0v) is 13.7. The van der Waals surface area contributed by atoms with Crippen molar-refractivity contribution < 1.29 is 19.2 Å². The zero-order chi connectivity index (χ0) is 17.6. The number of nitro groups is 1. The van der Waals surface area contributed by atoms with Crippen LogP contribution in [0.4, 0.5) is 5.69 Å². The van der Waals surface area contributed by atoms with Crippen molar-refractivity contribution in [2.75, 3.05) is 7.11 Å². The van der Waals surface area contributed by atoms with Crippen LogP contribution in [0.15, 0.2) is 24.3 Å². The maximum absolute atomic E-state index is 11.9. The van der Waals surface area contributed by atoms with Crippen LogP contribution in [0.25, 0.3) is 6.08 Å². The molecule has 0 fully saturated rings. The largest absolute Gasteiger partial charge is 0.467 e. The Bertz CT molecular complexity index is 643. The molecule has 0 saturated heterocycles. The molecule has 1 aromatic rings. The molecule has 0 aliphatic carbocycles. The Balaban J connectivity index is 2.84. The third-order valence-electron chi connectivity index (χ3n) is 3.01. The summed E-state index contributed by atoms with van der Waals surface area (Å²) in [7, 11) is 1.24. The van der Waals surface area contributed by atoms with Gasteiger partial charge in [-0.15, -0.1) is 0 Å². The Morgan fingerprint density at radius 1 is 1.39 bits per heavy atom. The van der Waals surface area contributed by atoms with E-state index in [0.29, 0.717) is 5.56 Å². The van der Waals surface area contributed by atoms with Crippen LogP contribution in [0.3, 0.4) is 0 Å². The van der Waals surface area contributed by atoms with Crippen molar-refractivity contribution in [3.8, 4) is 0 Å². The van der Waals surface area contributed by atoms with Gasteiger partial charge in [-0.2, -0.15) is 0 Å². The Morgan fingerprint density at radius 3 is 2.57 bits per heavy atom. The maximum Gasteiger partial charge on any atom is 0.328 e. The predicted molar refractivity (Wildman–Crippen MR) is 85.9 cm³/mol. The van der Waals surface area contributed by atoms with E-state index < -0.39 is 22.8 Å². The molecule has 1 unspecified atom stereocenters. The lowest BCUT2D eigenvalue weighted by atomic mass is 10.0. The average molecular weight is 341 g/mol. The molecule has 0 spiro atoms. The molecule has 1 aromatic carbocycles. The highest BCUT2D eigenvalue weighted by Crippen LogP contribution is 2.25. The Morgan fingerprint density at radius 2 is 2.04 bits per heavy atom. The van der Waals surface area contributed by atoms with Crippen LogP contribution in [-0.4, -0.2) is 30.0 Å². The minimum Gasteiger partial charge on any atom is -0.467 e. The van der Waals surface area contributed by atoms with Crippen molar-refractivity contribution >= 4 is 35.2 Å². The Hall–Kier alpha value is -2.41. The number of rotatable bonds is 6. The average Bonchev–Trinajstić information content (AvgIpc) is 2.50. The maximum atomic E-state index is 11.9. The molecule has 0 aliphatic heterocycles. The smallest absolute Gasteiger partial charge is 0.328 e. The number of nitrogens with one attached hydrogen (secondary N) is 1. The number of carbonyl (C=O) groups is 2. The van der Waals surface area contributed by atoms with E-state index in [2.05, 4.69) is 10.1 Å². The molecule has 0 saturated carbocycles. The number of nitro benzene ring substituents is 1. The van der Waals surface area contributed by atoms with Crippen molar-refractivity contribution in [1.29, 1.82) is 0 Å². The van der Waals surface area contributed by atoms with E-state index >= 15 is 0 Å². The summed E-state index contributed by atoms with van der Waals surface area (Å²) in [6, 6.07) is 3.41. The number of hydrogen-bond donors (Lipinski definition) is 1.